The van der Waals surface area contributed by atoms with E-state index in [0.717, 1.165) is 0 Å². The van der Waals surface area contributed by atoms with Crippen LogP contribution in [0, 0.1) is 0 Å². The van der Waals surface area contributed by atoms with Crippen molar-refractivity contribution in [2.45, 2.75) is 45.2 Å². The largest absolute Gasteiger partial charge is 0.424 e. The lowest BCUT2D eigenvalue weighted by Gasteiger charge is -2.46. The van der Waals surface area contributed by atoms with Crippen molar-refractivity contribution < 1.29 is 0 Å². The van der Waals surface area contributed by atoms with Gasteiger partial charge in [-0.2, -0.15) is 0 Å². The van der Waals surface area contributed by atoms with E-state index < -0.39 is 16.5 Å². The molecule has 0 spiro atoms. The first-order valence-corrected chi connectivity index (χ1v) is 13.5. The summed E-state index contributed by atoms with van der Waals surface area (Å²) in [6.45, 7) is 14.5. The highest BCUT2D eigenvalue weighted by Gasteiger charge is 2.35. The van der Waals surface area contributed by atoms with Crippen molar-refractivity contribution in [2.24, 2.45) is 0 Å². The SMILES string of the molecule is C[Si](C)(C)N(c1ccccc1CCl)[Si](C)(C)C.[MgH2]. The number of rotatable bonds is 4. The third-order valence-electron chi connectivity index (χ3n) is 2.72. The first kappa shape index (κ1) is 18.5. The molecule has 0 radical (unpaired) electrons. The molecule has 0 atom stereocenters. The molecule has 0 fully saturated rings. The Morgan fingerprint density at radius 2 is 1.39 bits per heavy atom. The highest BCUT2D eigenvalue weighted by molar-refractivity contribution is 6.99. The molecule has 1 rings (SSSR count). The highest BCUT2D eigenvalue weighted by Crippen LogP contribution is 2.31. The van der Waals surface area contributed by atoms with E-state index in [1.54, 1.807) is 0 Å². The van der Waals surface area contributed by atoms with Crippen LogP contribution in [0.5, 0.6) is 0 Å². The average molecular weight is 312 g/mol. The number of halogens is 1. The number of hydrogen-bond acceptors (Lipinski definition) is 1. The highest BCUT2D eigenvalue weighted by atomic mass is 35.5. The van der Waals surface area contributed by atoms with Gasteiger partial charge in [0.2, 0.25) is 0 Å². The van der Waals surface area contributed by atoms with Crippen LogP contribution in [0.3, 0.4) is 0 Å². The van der Waals surface area contributed by atoms with Crippen LogP contribution in [-0.4, -0.2) is 39.5 Å². The summed E-state index contributed by atoms with van der Waals surface area (Å²) in [7, 11) is -2.75. The number of benzene rings is 1. The fraction of sp³-hybridized carbons (Fsp3) is 0.538. The zero-order valence-corrected chi connectivity index (χ0v) is 14.6. The molecular weight excluding hydrogens is 286 g/mol. The summed E-state index contributed by atoms with van der Waals surface area (Å²) in [5, 5.41) is 0. The van der Waals surface area contributed by atoms with Crippen molar-refractivity contribution in [1.82, 2.24) is 0 Å². The number of para-hydroxylation sites is 1. The fourth-order valence-corrected chi connectivity index (χ4v) is 12.7. The minimum Gasteiger partial charge on any atom is -0.424 e. The molecule has 0 heterocycles. The lowest BCUT2D eigenvalue weighted by molar-refractivity contribution is 1.29. The van der Waals surface area contributed by atoms with Crippen molar-refractivity contribution in [3.05, 3.63) is 29.8 Å². The predicted molar refractivity (Wildman–Crippen MR) is 93.7 cm³/mol. The maximum atomic E-state index is 6.08. The second-order valence-electron chi connectivity index (χ2n) is 6.44. The summed E-state index contributed by atoms with van der Waals surface area (Å²) < 4.78 is 2.72. The minimum atomic E-state index is -1.37. The van der Waals surface area contributed by atoms with Crippen LogP contribution in [0.25, 0.3) is 0 Å². The molecule has 1 aromatic carbocycles. The standard InChI is InChI=1S/C13H24ClNSi2.Mg.2H/c1-16(2,3)15(17(4,5)6)13-10-8-7-9-12(13)11-14;;;/h7-10H,11H2,1-6H3;;;. The Kier molecular flexibility index (Phi) is 6.98. The van der Waals surface area contributed by atoms with Gasteiger partial charge in [-0.15, -0.1) is 11.6 Å². The van der Waals surface area contributed by atoms with Gasteiger partial charge >= 0.3 is 23.1 Å². The molecule has 100 valence electrons. The molecule has 0 bridgehead atoms. The Balaban J connectivity index is 0.00000289. The van der Waals surface area contributed by atoms with Crippen LogP contribution < -0.4 is 4.23 Å². The lowest BCUT2D eigenvalue weighted by atomic mass is 10.2. The topological polar surface area (TPSA) is 3.24 Å². The third-order valence-corrected chi connectivity index (χ3v) is 10.2. The molecule has 0 saturated heterocycles. The molecular formula is C13H26ClMgNSi2. The monoisotopic (exact) mass is 311 g/mol. The maximum absolute atomic E-state index is 6.08. The van der Waals surface area contributed by atoms with Crippen LogP contribution in [-0.2, 0) is 5.88 Å². The number of hydrogen-bond donors (Lipinski definition) is 0. The van der Waals surface area contributed by atoms with Gasteiger partial charge in [0.25, 0.3) is 0 Å². The number of anilines is 1. The van der Waals surface area contributed by atoms with Crippen molar-refractivity contribution in [1.29, 1.82) is 0 Å². The van der Waals surface area contributed by atoms with Crippen LogP contribution in [0.15, 0.2) is 24.3 Å². The van der Waals surface area contributed by atoms with E-state index in [1.807, 2.05) is 0 Å². The summed E-state index contributed by atoms with van der Waals surface area (Å²) in [5.41, 5.74) is 2.62. The molecule has 0 amide bonds. The van der Waals surface area contributed by atoms with Gasteiger partial charge in [-0.1, -0.05) is 57.5 Å². The van der Waals surface area contributed by atoms with Gasteiger partial charge in [0.15, 0.2) is 0 Å². The van der Waals surface area contributed by atoms with Crippen LogP contribution in [0.4, 0.5) is 5.69 Å². The summed E-state index contributed by atoms with van der Waals surface area (Å²) >= 11 is 6.08. The van der Waals surface area contributed by atoms with Gasteiger partial charge in [-0.25, -0.2) is 0 Å². The van der Waals surface area contributed by atoms with Gasteiger partial charge in [0.1, 0.15) is 16.5 Å². The molecule has 1 aromatic rings. The van der Waals surface area contributed by atoms with E-state index in [1.165, 1.54) is 11.3 Å². The Morgan fingerprint density at radius 1 is 0.944 bits per heavy atom. The number of alkyl halides is 1. The van der Waals surface area contributed by atoms with E-state index in [4.69, 9.17) is 11.6 Å². The Labute approximate surface area is 135 Å². The maximum Gasteiger partial charge on any atom is 0.316 e. The second kappa shape index (κ2) is 6.79. The molecule has 0 aliphatic rings. The van der Waals surface area contributed by atoms with E-state index in [0.29, 0.717) is 5.88 Å². The van der Waals surface area contributed by atoms with E-state index >= 15 is 0 Å². The molecule has 0 aromatic heterocycles. The zero-order chi connectivity index (χ0) is 13.3. The fourth-order valence-electron chi connectivity index (χ4n) is 2.57. The van der Waals surface area contributed by atoms with E-state index in [9.17, 15) is 0 Å². The quantitative estimate of drug-likeness (QED) is 0.600. The van der Waals surface area contributed by atoms with Crippen LogP contribution >= 0.6 is 11.6 Å². The molecule has 0 unspecified atom stereocenters. The van der Waals surface area contributed by atoms with Crippen LogP contribution in [0.2, 0.25) is 39.3 Å². The van der Waals surface area contributed by atoms with E-state index in [-0.39, 0.29) is 23.1 Å². The first-order valence-electron chi connectivity index (χ1n) is 6.12. The third kappa shape index (κ3) is 4.56. The van der Waals surface area contributed by atoms with E-state index in [2.05, 4.69) is 67.8 Å². The smallest absolute Gasteiger partial charge is 0.316 e. The zero-order valence-electron chi connectivity index (χ0n) is 11.8. The molecule has 0 saturated carbocycles. The summed E-state index contributed by atoms with van der Waals surface area (Å²) in [6, 6.07) is 8.58. The molecule has 1 nitrogen and oxygen atoms in total. The van der Waals surface area contributed by atoms with Crippen molar-refractivity contribution >= 4 is 56.8 Å². The van der Waals surface area contributed by atoms with Gasteiger partial charge in [0.05, 0.1) is 0 Å². The Bertz CT molecular complexity index is 371. The van der Waals surface area contributed by atoms with Gasteiger partial charge in [0, 0.05) is 11.6 Å². The summed E-state index contributed by atoms with van der Waals surface area (Å²) in [6.07, 6.45) is 0. The molecule has 18 heavy (non-hydrogen) atoms. The second-order valence-corrected chi connectivity index (χ2v) is 16.7. The molecule has 0 aliphatic carbocycles. The van der Waals surface area contributed by atoms with Gasteiger partial charge in [-0.05, 0) is 11.6 Å². The Morgan fingerprint density at radius 3 is 1.78 bits per heavy atom. The number of nitrogens with zero attached hydrogens (tertiary/aromatic N) is 1. The van der Waals surface area contributed by atoms with Crippen molar-refractivity contribution in [3.8, 4) is 0 Å². The lowest BCUT2D eigenvalue weighted by Crippen LogP contribution is -2.59. The summed E-state index contributed by atoms with van der Waals surface area (Å²) in [4.78, 5) is 0. The van der Waals surface area contributed by atoms with Crippen molar-refractivity contribution in [3.63, 3.8) is 0 Å². The first-order chi connectivity index (χ1) is 7.68. The minimum absolute atomic E-state index is 0. The Hall–Kier alpha value is 0.510. The predicted octanol–water partition coefficient (Wildman–Crippen LogP) is 3.99. The van der Waals surface area contributed by atoms with Gasteiger partial charge in [-0.3, -0.25) is 0 Å². The van der Waals surface area contributed by atoms with Crippen molar-refractivity contribution in [2.75, 3.05) is 4.23 Å². The van der Waals surface area contributed by atoms with Gasteiger partial charge < -0.3 is 4.23 Å². The normalized spacial score (nSPS) is 11.9. The molecule has 5 heteroatoms. The van der Waals surface area contributed by atoms with Crippen LogP contribution in [0.1, 0.15) is 5.56 Å². The molecule has 0 aliphatic heterocycles. The summed E-state index contributed by atoms with van der Waals surface area (Å²) in [5.74, 6) is 0.599. The average Bonchev–Trinajstić information content (AvgIpc) is 2.14. The molecule has 0 N–H and O–H groups in total.